The SMILES string of the molecule is CCc1ccc(C2(c3ccc(CC(=O)c4ccc(C(=O)c5ccc(C(=O)O)c(C(C)=O)c5)cc4C(=O)O)cc3)c3ccccc3-c3ccccc32)cc1. The number of carbonyl (C=O) groups is 5. The van der Waals surface area contributed by atoms with Crippen molar-refractivity contribution in [2.45, 2.75) is 32.1 Å². The third kappa shape index (κ3) is 5.96. The number of benzene rings is 6. The van der Waals surface area contributed by atoms with Crippen molar-refractivity contribution in [3.63, 3.8) is 0 Å². The molecule has 0 spiro atoms. The number of Topliss-reactive ketones (excluding diaryl/α,β-unsaturated/α-hetero) is 2. The first-order valence-corrected chi connectivity index (χ1v) is 17.3. The molecule has 7 rings (SSSR count). The maximum Gasteiger partial charge on any atom is 0.336 e. The number of aromatic carboxylic acids is 2. The summed E-state index contributed by atoms with van der Waals surface area (Å²) in [4.78, 5) is 63.1. The Kier molecular flexibility index (Phi) is 9.02. The minimum atomic E-state index is -1.38. The van der Waals surface area contributed by atoms with E-state index >= 15 is 0 Å². The van der Waals surface area contributed by atoms with Crippen molar-refractivity contribution in [2.24, 2.45) is 0 Å². The lowest BCUT2D eigenvalue weighted by Gasteiger charge is -2.34. The van der Waals surface area contributed by atoms with Gasteiger partial charge in [-0.15, -0.1) is 0 Å². The van der Waals surface area contributed by atoms with Gasteiger partial charge in [0.05, 0.1) is 16.5 Å². The van der Waals surface area contributed by atoms with Crippen LogP contribution in [0.1, 0.15) is 105 Å². The van der Waals surface area contributed by atoms with Crippen molar-refractivity contribution in [2.75, 3.05) is 0 Å². The second kappa shape index (κ2) is 13.8. The molecule has 0 fully saturated rings. The Morgan fingerprint density at radius 3 is 1.49 bits per heavy atom. The smallest absolute Gasteiger partial charge is 0.336 e. The molecule has 1 aliphatic rings. The van der Waals surface area contributed by atoms with E-state index in [1.165, 1.54) is 65.1 Å². The van der Waals surface area contributed by atoms with Gasteiger partial charge >= 0.3 is 11.9 Å². The molecule has 2 N–H and O–H groups in total. The van der Waals surface area contributed by atoms with Crippen molar-refractivity contribution < 1.29 is 34.2 Å². The summed E-state index contributed by atoms with van der Waals surface area (Å²) >= 11 is 0. The molecule has 0 unspecified atom stereocenters. The molecule has 0 heterocycles. The van der Waals surface area contributed by atoms with Crippen LogP contribution in [0.3, 0.4) is 0 Å². The lowest BCUT2D eigenvalue weighted by atomic mass is 9.67. The fraction of sp³-hybridized carbons (Fsp3) is 0.109. The summed E-state index contributed by atoms with van der Waals surface area (Å²) in [6, 6.07) is 41.0. The van der Waals surface area contributed by atoms with Crippen LogP contribution in [0.4, 0.5) is 0 Å². The highest BCUT2D eigenvalue weighted by atomic mass is 16.4. The van der Waals surface area contributed by atoms with E-state index in [0.717, 1.165) is 23.6 Å². The Balaban J connectivity index is 1.22. The van der Waals surface area contributed by atoms with Gasteiger partial charge in [-0.1, -0.05) is 116 Å². The first kappa shape index (κ1) is 34.7. The second-order valence-electron chi connectivity index (χ2n) is 13.2. The van der Waals surface area contributed by atoms with Crippen molar-refractivity contribution in [3.05, 3.63) is 200 Å². The van der Waals surface area contributed by atoms with E-state index < -0.39 is 34.7 Å². The van der Waals surface area contributed by atoms with Crippen LogP contribution in [-0.2, 0) is 18.3 Å². The number of hydrogen-bond donors (Lipinski definition) is 2. The van der Waals surface area contributed by atoms with Gasteiger partial charge in [0.25, 0.3) is 0 Å². The van der Waals surface area contributed by atoms with Gasteiger partial charge in [0.15, 0.2) is 17.3 Å². The monoisotopic (exact) mass is 698 g/mol. The van der Waals surface area contributed by atoms with Crippen LogP contribution in [-0.4, -0.2) is 39.5 Å². The van der Waals surface area contributed by atoms with Crippen molar-refractivity contribution in [1.29, 1.82) is 0 Å². The van der Waals surface area contributed by atoms with Crippen LogP contribution >= 0.6 is 0 Å². The molecular weight excluding hydrogens is 664 g/mol. The highest BCUT2D eigenvalue weighted by molar-refractivity contribution is 6.14. The zero-order valence-corrected chi connectivity index (χ0v) is 29.1. The molecule has 0 bridgehead atoms. The Morgan fingerprint density at radius 2 is 1.00 bits per heavy atom. The van der Waals surface area contributed by atoms with E-state index in [1.807, 2.05) is 24.3 Å². The number of carboxylic acids is 2. The fourth-order valence-electron chi connectivity index (χ4n) is 7.60. The maximum atomic E-state index is 13.7. The van der Waals surface area contributed by atoms with Gasteiger partial charge in [-0.2, -0.15) is 0 Å². The number of ketones is 3. The van der Waals surface area contributed by atoms with Gasteiger partial charge in [-0.25, -0.2) is 9.59 Å². The zero-order chi connectivity index (χ0) is 37.4. The molecule has 0 radical (unpaired) electrons. The predicted molar refractivity (Wildman–Crippen MR) is 201 cm³/mol. The molecule has 260 valence electrons. The lowest BCUT2D eigenvalue weighted by molar-refractivity contribution is 0.0683. The Hall–Kier alpha value is -6.73. The maximum absolute atomic E-state index is 13.7. The van der Waals surface area contributed by atoms with E-state index in [9.17, 15) is 34.2 Å². The first-order valence-electron chi connectivity index (χ1n) is 17.3. The van der Waals surface area contributed by atoms with Crippen molar-refractivity contribution in [3.8, 4) is 11.1 Å². The van der Waals surface area contributed by atoms with Gasteiger partial charge in [0.2, 0.25) is 0 Å². The molecule has 0 amide bonds. The molecule has 0 aliphatic heterocycles. The number of carbonyl (C=O) groups excluding carboxylic acids is 3. The first-order chi connectivity index (χ1) is 25.5. The zero-order valence-electron chi connectivity index (χ0n) is 29.1. The molecule has 7 heteroatoms. The summed E-state index contributed by atoms with van der Waals surface area (Å²) in [5.74, 6) is -4.26. The second-order valence-corrected chi connectivity index (χ2v) is 13.2. The summed E-state index contributed by atoms with van der Waals surface area (Å²) in [7, 11) is 0. The van der Waals surface area contributed by atoms with E-state index in [-0.39, 0.29) is 39.8 Å². The minimum absolute atomic E-state index is 0.0160. The number of rotatable bonds is 11. The lowest BCUT2D eigenvalue weighted by Crippen LogP contribution is -2.28. The van der Waals surface area contributed by atoms with Crippen LogP contribution in [0.15, 0.2) is 133 Å². The van der Waals surface area contributed by atoms with E-state index in [0.29, 0.717) is 5.56 Å². The summed E-state index contributed by atoms with van der Waals surface area (Å²) in [6.45, 7) is 3.33. The normalized spacial score (nSPS) is 12.4. The Labute approximate surface area is 306 Å². The molecule has 7 nitrogen and oxygen atoms in total. The van der Waals surface area contributed by atoms with Gasteiger partial charge < -0.3 is 10.2 Å². The number of hydrogen-bond acceptors (Lipinski definition) is 5. The number of carboxylic acid groups (broad SMARTS) is 2. The quantitative estimate of drug-likeness (QED) is 0.129. The van der Waals surface area contributed by atoms with E-state index in [4.69, 9.17) is 0 Å². The van der Waals surface area contributed by atoms with Gasteiger partial charge in [0, 0.05) is 28.7 Å². The van der Waals surface area contributed by atoms with E-state index in [1.54, 1.807) is 0 Å². The molecule has 0 saturated carbocycles. The Bertz CT molecular complexity index is 2430. The topological polar surface area (TPSA) is 126 Å². The highest BCUT2D eigenvalue weighted by Crippen LogP contribution is 2.56. The molecule has 53 heavy (non-hydrogen) atoms. The fourth-order valence-corrected chi connectivity index (χ4v) is 7.60. The predicted octanol–water partition coefficient (Wildman–Crippen LogP) is 8.87. The van der Waals surface area contributed by atoms with Crippen LogP contribution in [0.25, 0.3) is 11.1 Å². The molecule has 6 aromatic rings. The summed E-state index contributed by atoms with van der Waals surface area (Å²) in [5.41, 5.74) is 7.43. The number of aryl methyl sites for hydroxylation is 1. The molecule has 6 aromatic carbocycles. The van der Waals surface area contributed by atoms with Crippen LogP contribution in [0.5, 0.6) is 0 Å². The summed E-state index contributed by atoms with van der Waals surface area (Å²) in [5, 5.41) is 19.5. The van der Waals surface area contributed by atoms with Crippen LogP contribution < -0.4 is 0 Å². The molecule has 0 aromatic heterocycles. The molecular formula is C46H34O7. The van der Waals surface area contributed by atoms with Crippen molar-refractivity contribution in [1.82, 2.24) is 0 Å². The van der Waals surface area contributed by atoms with E-state index in [2.05, 4.69) is 79.7 Å². The third-order valence-corrected chi connectivity index (χ3v) is 10.2. The average molecular weight is 699 g/mol. The van der Waals surface area contributed by atoms with Gasteiger partial charge in [0.1, 0.15) is 0 Å². The van der Waals surface area contributed by atoms with Crippen LogP contribution in [0.2, 0.25) is 0 Å². The largest absolute Gasteiger partial charge is 0.478 e. The molecule has 0 saturated heterocycles. The van der Waals surface area contributed by atoms with Crippen molar-refractivity contribution >= 4 is 29.3 Å². The summed E-state index contributed by atoms with van der Waals surface area (Å²) < 4.78 is 0. The third-order valence-electron chi connectivity index (χ3n) is 10.2. The van der Waals surface area contributed by atoms with Gasteiger partial charge in [-0.05, 0) is 82.1 Å². The Morgan fingerprint density at radius 1 is 0.528 bits per heavy atom. The van der Waals surface area contributed by atoms with Gasteiger partial charge in [-0.3, -0.25) is 14.4 Å². The highest BCUT2D eigenvalue weighted by Gasteiger charge is 2.45. The average Bonchev–Trinajstić information content (AvgIpc) is 3.48. The minimum Gasteiger partial charge on any atom is -0.478 e. The molecule has 0 atom stereocenters. The standard InChI is InChI=1S/C46H34O7/c1-3-28-12-18-32(19-13-28)46(40-10-6-4-8-34(40)35-9-5-7-11-41(35)46)33-20-14-29(15-21-33)24-42(48)36-22-16-31(26-39(36)45(52)53)43(49)30-17-23-37(44(50)51)38(25-30)27(2)47/h4-23,25-26H,3,24H2,1-2H3,(H,50,51)(H,52,53). The number of fused-ring (bicyclic) bond motifs is 3. The van der Waals surface area contributed by atoms with Crippen LogP contribution in [0, 0.1) is 0 Å². The molecule has 1 aliphatic carbocycles. The summed E-state index contributed by atoms with van der Waals surface area (Å²) in [6.07, 6.45) is 0.855.